The molecule has 0 saturated heterocycles. The minimum Gasteiger partial charge on any atom is -0.293 e. The first kappa shape index (κ1) is 11.9. The third kappa shape index (κ3) is 3.83. The third-order valence-corrected chi connectivity index (χ3v) is 2.29. The Labute approximate surface area is 88.9 Å². The van der Waals surface area contributed by atoms with E-state index in [1.165, 1.54) is 6.92 Å². The van der Waals surface area contributed by atoms with Gasteiger partial charge in [-0.1, -0.05) is 11.2 Å². The van der Waals surface area contributed by atoms with Gasteiger partial charge >= 0.3 is 10.1 Å². The summed E-state index contributed by atoms with van der Waals surface area (Å²) in [6.45, 7) is 1.34. The minimum absolute atomic E-state index is 0.109. The molecule has 0 unspecified atom stereocenters. The molecule has 0 amide bonds. The van der Waals surface area contributed by atoms with Crippen molar-refractivity contribution in [2.45, 2.75) is 26.2 Å². The number of rotatable bonds is 4. The zero-order valence-corrected chi connectivity index (χ0v) is 9.50. The van der Waals surface area contributed by atoms with Crippen LogP contribution in [0.5, 0.6) is 0 Å². The van der Waals surface area contributed by atoms with Gasteiger partial charge in [-0.15, -0.1) is 0 Å². The third-order valence-electron chi connectivity index (χ3n) is 1.94. The molecule has 1 aliphatic rings. The van der Waals surface area contributed by atoms with E-state index in [9.17, 15) is 13.2 Å². The van der Waals surface area contributed by atoms with E-state index in [1.54, 1.807) is 0 Å². The molecule has 5 nitrogen and oxygen atoms in total. The molecule has 1 aliphatic carbocycles. The van der Waals surface area contributed by atoms with Crippen molar-refractivity contribution in [2.24, 2.45) is 5.16 Å². The van der Waals surface area contributed by atoms with Crippen molar-refractivity contribution in [3.63, 3.8) is 0 Å². The van der Waals surface area contributed by atoms with Gasteiger partial charge in [-0.25, -0.2) is 0 Å². The van der Waals surface area contributed by atoms with Crippen LogP contribution in [0.1, 0.15) is 26.2 Å². The zero-order valence-electron chi connectivity index (χ0n) is 8.69. The van der Waals surface area contributed by atoms with Crippen molar-refractivity contribution in [1.82, 2.24) is 0 Å². The van der Waals surface area contributed by atoms with Crippen molar-refractivity contribution >= 4 is 21.6 Å². The highest BCUT2D eigenvalue weighted by Gasteiger charge is 2.17. The van der Waals surface area contributed by atoms with Crippen molar-refractivity contribution < 1.29 is 17.5 Å². The number of hydrogen-bond acceptors (Lipinski definition) is 5. The highest BCUT2D eigenvalue weighted by atomic mass is 32.2. The van der Waals surface area contributed by atoms with E-state index in [2.05, 4.69) is 9.44 Å². The minimum atomic E-state index is -3.65. The first-order valence-corrected chi connectivity index (χ1v) is 6.39. The second-order valence-corrected chi connectivity index (χ2v) is 4.95. The van der Waals surface area contributed by atoms with Crippen molar-refractivity contribution in [3.8, 4) is 0 Å². The summed E-state index contributed by atoms with van der Waals surface area (Å²) in [7, 11) is -3.65. The maximum Gasteiger partial charge on any atom is 0.325 e. The van der Waals surface area contributed by atoms with Crippen LogP contribution in [0.4, 0.5) is 0 Å². The van der Waals surface area contributed by atoms with E-state index >= 15 is 0 Å². The van der Waals surface area contributed by atoms with Crippen LogP contribution in [0, 0.1) is 0 Å². The number of Topliss-reactive ketones (excluding diaryl/α,β-unsaturated/α-hetero) is 1. The predicted octanol–water partition coefficient (Wildman–Crippen LogP) is 1.02. The molecule has 0 fully saturated rings. The summed E-state index contributed by atoms with van der Waals surface area (Å²) in [6, 6.07) is 0. The van der Waals surface area contributed by atoms with Gasteiger partial charge in [0.1, 0.15) is 5.71 Å². The van der Waals surface area contributed by atoms with Crippen molar-refractivity contribution in [2.75, 3.05) is 6.26 Å². The molecule has 0 aromatic rings. The van der Waals surface area contributed by atoms with Gasteiger partial charge in [-0.2, -0.15) is 8.42 Å². The molecule has 0 N–H and O–H groups in total. The fourth-order valence-electron chi connectivity index (χ4n) is 1.34. The van der Waals surface area contributed by atoms with Crippen LogP contribution < -0.4 is 0 Å². The van der Waals surface area contributed by atoms with Gasteiger partial charge in [0.15, 0.2) is 5.78 Å². The Morgan fingerprint density at radius 1 is 1.53 bits per heavy atom. The molecule has 0 aromatic carbocycles. The number of oxime groups is 1. The Hall–Kier alpha value is -1.17. The van der Waals surface area contributed by atoms with Gasteiger partial charge in [0.25, 0.3) is 0 Å². The summed E-state index contributed by atoms with van der Waals surface area (Å²) >= 11 is 0. The summed E-state index contributed by atoms with van der Waals surface area (Å²) in [4.78, 5) is 11.2. The Bertz CT molecular complexity index is 419. The van der Waals surface area contributed by atoms with Gasteiger partial charge in [0.05, 0.1) is 6.26 Å². The van der Waals surface area contributed by atoms with Crippen LogP contribution in [-0.4, -0.2) is 26.2 Å². The summed E-state index contributed by atoms with van der Waals surface area (Å²) in [5, 5.41) is 3.39. The lowest BCUT2D eigenvalue weighted by Gasteiger charge is -2.02. The predicted molar refractivity (Wildman–Crippen MR) is 56.0 cm³/mol. The van der Waals surface area contributed by atoms with E-state index in [1.807, 2.05) is 6.08 Å². The van der Waals surface area contributed by atoms with E-state index in [-0.39, 0.29) is 11.5 Å². The lowest BCUT2D eigenvalue weighted by atomic mass is 10.1. The molecular formula is C9H13NO4S. The zero-order chi connectivity index (χ0) is 11.5. The van der Waals surface area contributed by atoms with Crippen LogP contribution in [-0.2, 0) is 19.2 Å². The lowest BCUT2D eigenvalue weighted by molar-refractivity contribution is -0.111. The Morgan fingerprint density at radius 2 is 2.20 bits per heavy atom. The van der Waals surface area contributed by atoms with Crippen LogP contribution in [0.25, 0.3) is 0 Å². The number of hydrogen-bond donors (Lipinski definition) is 0. The normalized spacial score (nSPS) is 17.5. The quantitative estimate of drug-likeness (QED) is 0.535. The Morgan fingerprint density at radius 3 is 2.60 bits per heavy atom. The molecule has 0 saturated carbocycles. The molecule has 0 bridgehead atoms. The summed E-state index contributed by atoms with van der Waals surface area (Å²) in [5.41, 5.74) is 0.879. The Kier molecular flexibility index (Phi) is 3.62. The largest absolute Gasteiger partial charge is 0.325 e. The average molecular weight is 231 g/mol. The van der Waals surface area contributed by atoms with Crippen LogP contribution in [0.2, 0.25) is 0 Å². The smallest absolute Gasteiger partial charge is 0.293 e. The maximum atomic E-state index is 11.2. The second kappa shape index (κ2) is 4.57. The first-order chi connectivity index (χ1) is 6.90. The van der Waals surface area contributed by atoms with E-state index < -0.39 is 10.1 Å². The van der Waals surface area contributed by atoms with Gasteiger partial charge < -0.3 is 0 Å². The fourth-order valence-corrected chi connectivity index (χ4v) is 1.55. The molecule has 0 aliphatic heterocycles. The molecule has 0 heterocycles. The summed E-state index contributed by atoms with van der Waals surface area (Å²) in [5.74, 6) is -0.285. The molecule has 0 spiro atoms. The second-order valence-electron chi connectivity index (χ2n) is 3.40. The van der Waals surface area contributed by atoms with Gasteiger partial charge in [0, 0.05) is 6.92 Å². The Balaban J connectivity index is 2.88. The first-order valence-electron chi connectivity index (χ1n) is 4.57. The van der Waals surface area contributed by atoms with Crippen LogP contribution >= 0.6 is 0 Å². The molecule has 0 atom stereocenters. The number of ketones is 1. The van der Waals surface area contributed by atoms with Gasteiger partial charge in [-0.05, 0) is 24.8 Å². The standard InChI is InChI=1S/C9H13NO4S/c1-7(11)9(8-5-3-4-6-8)10-14-15(2,12)13/h5H,3-4,6H2,1-2H3. The number of carbonyl (C=O) groups excluding carboxylic acids is 1. The molecule has 15 heavy (non-hydrogen) atoms. The van der Waals surface area contributed by atoms with E-state index in [0.29, 0.717) is 0 Å². The number of allylic oxidation sites excluding steroid dienone is 2. The average Bonchev–Trinajstić information content (AvgIpc) is 2.54. The highest BCUT2D eigenvalue weighted by Crippen LogP contribution is 2.19. The number of carbonyl (C=O) groups is 1. The SMILES string of the molecule is CC(=O)C(=NOS(C)(=O)=O)C1=CCCC1. The maximum absolute atomic E-state index is 11.2. The summed E-state index contributed by atoms with van der Waals surface area (Å²) in [6.07, 6.45) is 5.36. The molecular weight excluding hydrogens is 218 g/mol. The van der Waals surface area contributed by atoms with Crippen LogP contribution in [0.3, 0.4) is 0 Å². The fraction of sp³-hybridized carbons (Fsp3) is 0.556. The van der Waals surface area contributed by atoms with Gasteiger partial charge in [0.2, 0.25) is 0 Å². The monoisotopic (exact) mass is 231 g/mol. The van der Waals surface area contributed by atoms with E-state index in [4.69, 9.17) is 0 Å². The topological polar surface area (TPSA) is 72.8 Å². The van der Waals surface area contributed by atoms with Crippen molar-refractivity contribution in [1.29, 1.82) is 0 Å². The molecule has 6 heteroatoms. The van der Waals surface area contributed by atoms with Gasteiger partial charge in [-0.3, -0.25) is 9.08 Å². The highest BCUT2D eigenvalue weighted by molar-refractivity contribution is 7.85. The summed E-state index contributed by atoms with van der Waals surface area (Å²) < 4.78 is 25.7. The van der Waals surface area contributed by atoms with Crippen molar-refractivity contribution in [3.05, 3.63) is 11.6 Å². The van der Waals surface area contributed by atoms with Crippen LogP contribution in [0.15, 0.2) is 16.8 Å². The van der Waals surface area contributed by atoms with E-state index in [0.717, 1.165) is 31.1 Å². The lowest BCUT2D eigenvalue weighted by Crippen LogP contribution is -2.14. The molecule has 0 radical (unpaired) electrons. The molecule has 1 rings (SSSR count). The number of nitrogens with zero attached hydrogens (tertiary/aromatic N) is 1. The molecule has 0 aromatic heterocycles. The molecule has 84 valence electrons.